The topological polar surface area (TPSA) is 56.0 Å². The number of carbonyl (C=O) groups excluding carboxylic acids is 1. The van der Waals surface area contributed by atoms with E-state index in [2.05, 4.69) is 4.98 Å². The summed E-state index contributed by atoms with van der Waals surface area (Å²) in [7, 11) is 0. The van der Waals surface area contributed by atoms with Crippen LogP contribution in [-0.4, -0.2) is 16.1 Å². The summed E-state index contributed by atoms with van der Waals surface area (Å²) in [5.74, 6) is -0.285. The van der Waals surface area contributed by atoms with Gasteiger partial charge in [0.1, 0.15) is 0 Å². The monoisotopic (exact) mass is 246 g/mol. The Morgan fingerprint density at radius 1 is 1.35 bits per heavy atom. The average Bonchev–Trinajstić information content (AvgIpc) is 2.35. The molecule has 0 aliphatic heterocycles. The fourth-order valence-electron chi connectivity index (χ4n) is 1.60. The molecule has 2 N–H and O–H groups in total. The number of primary amides is 1. The molecule has 1 aromatic carbocycles. The van der Waals surface area contributed by atoms with Gasteiger partial charge in [0.2, 0.25) is 5.91 Å². The molecule has 1 atom stereocenters. The van der Waals surface area contributed by atoms with E-state index in [0.29, 0.717) is 6.42 Å². The molecule has 2 aromatic rings. The summed E-state index contributed by atoms with van der Waals surface area (Å²) >= 11 is 1.43. The molecule has 0 bridgehead atoms. The number of pyridine rings is 1. The number of nitrogens with zero attached hydrogens (tertiary/aromatic N) is 1. The number of carbonyl (C=O) groups is 1. The third-order valence-corrected chi connectivity index (χ3v) is 3.84. The zero-order valence-corrected chi connectivity index (χ0v) is 10.4. The predicted octanol–water partition coefficient (Wildman–Crippen LogP) is 2.59. The lowest BCUT2D eigenvalue weighted by Gasteiger charge is -2.09. The van der Waals surface area contributed by atoms with E-state index in [4.69, 9.17) is 5.73 Å². The molecule has 0 aliphatic carbocycles. The van der Waals surface area contributed by atoms with Gasteiger partial charge in [-0.1, -0.05) is 43.0 Å². The maximum atomic E-state index is 11.2. The van der Waals surface area contributed by atoms with Gasteiger partial charge in [-0.2, -0.15) is 0 Å². The fourth-order valence-corrected chi connectivity index (χ4v) is 2.47. The first-order chi connectivity index (χ1) is 8.20. The quantitative estimate of drug-likeness (QED) is 0.844. The van der Waals surface area contributed by atoms with Crippen LogP contribution in [0.4, 0.5) is 0 Å². The molecule has 1 heterocycles. The van der Waals surface area contributed by atoms with E-state index in [1.54, 1.807) is 0 Å². The molecule has 2 rings (SSSR count). The van der Waals surface area contributed by atoms with Crippen LogP contribution in [0.1, 0.15) is 13.3 Å². The molecular weight excluding hydrogens is 232 g/mol. The number of fused-ring (bicyclic) bond motifs is 1. The van der Waals surface area contributed by atoms with Crippen LogP contribution in [0.15, 0.2) is 41.4 Å². The van der Waals surface area contributed by atoms with Gasteiger partial charge < -0.3 is 5.73 Å². The molecule has 1 amide bonds. The van der Waals surface area contributed by atoms with Crippen LogP contribution in [0.2, 0.25) is 0 Å². The van der Waals surface area contributed by atoms with Crippen LogP contribution >= 0.6 is 11.8 Å². The van der Waals surface area contributed by atoms with E-state index in [0.717, 1.165) is 15.9 Å². The fraction of sp³-hybridized carbons (Fsp3) is 0.231. The summed E-state index contributed by atoms with van der Waals surface area (Å²) in [6.07, 6.45) is 0.717. The Bertz CT molecular complexity index is 542. The summed E-state index contributed by atoms with van der Waals surface area (Å²) in [6.45, 7) is 1.95. The largest absolute Gasteiger partial charge is 0.369 e. The van der Waals surface area contributed by atoms with Gasteiger partial charge in [0.15, 0.2) is 0 Å². The standard InChI is InChI=1S/C13H14N2OS/c1-2-11(13(14)16)17-12-8-7-9-5-3-4-6-10(9)15-12/h3-8,11H,2H2,1H3,(H2,14,16). The second-order valence-corrected chi connectivity index (χ2v) is 4.98. The Kier molecular flexibility index (Phi) is 3.64. The van der Waals surface area contributed by atoms with Gasteiger partial charge in [-0.05, 0) is 18.6 Å². The van der Waals surface area contributed by atoms with Crippen LogP contribution in [0.25, 0.3) is 10.9 Å². The van der Waals surface area contributed by atoms with Gasteiger partial charge in [-0.15, -0.1) is 0 Å². The zero-order chi connectivity index (χ0) is 12.3. The van der Waals surface area contributed by atoms with Crippen molar-refractivity contribution in [1.29, 1.82) is 0 Å². The number of para-hydroxylation sites is 1. The maximum absolute atomic E-state index is 11.2. The lowest BCUT2D eigenvalue weighted by Crippen LogP contribution is -2.24. The van der Waals surface area contributed by atoms with Crippen LogP contribution in [-0.2, 0) is 4.79 Å². The Hall–Kier alpha value is -1.55. The molecular formula is C13H14N2OS. The number of aromatic nitrogens is 1. The molecule has 88 valence electrons. The van der Waals surface area contributed by atoms with Crippen molar-refractivity contribution in [3.05, 3.63) is 36.4 Å². The van der Waals surface area contributed by atoms with Crippen molar-refractivity contribution < 1.29 is 4.79 Å². The molecule has 3 nitrogen and oxygen atoms in total. The number of amides is 1. The van der Waals surface area contributed by atoms with Gasteiger partial charge in [-0.25, -0.2) is 4.98 Å². The molecule has 0 radical (unpaired) electrons. The number of hydrogen-bond donors (Lipinski definition) is 1. The number of nitrogens with two attached hydrogens (primary N) is 1. The average molecular weight is 246 g/mol. The van der Waals surface area contributed by atoms with Gasteiger partial charge in [0.25, 0.3) is 0 Å². The Morgan fingerprint density at radius 2 is 2.12 bits per heavy atom. The second kappa shape index (κ2) is 5.19. The summed E-state index contributed by atoms with van der Waals surface area (Å²) in [6, 6.07) is 11.9. The molecule has 0 aliphatic rings. The van der Waals surface area contributed by atoms with Crippen LogP contribution < -0.4 is 5.73 Å². The van der Waals surface area contributed by atoms with Crippen molar-refractivity contribution in [1.82, 2.24) is 4.98 Å². The third-order valence-electron chi connectivity index (χ3n) is 2.52. The van der Waals surface area contributed by atoms with E-state index in [1.807, 2.05) is 43.3 Å². The molecule has 17 heavy (non-hydrogen) atoms. The lowest BCUT2D eigenvalue weighted by molar-refractivity contribution is -0.117. The highest BCUT2D eigenvalue weighted by Crippen LogP contribution is 2.25. The highest BCUT2D eigenvalue weighted by atomic mass is 32.2. The first kappa shape index (κ1) is 11.9. The lowest BCUT2D eigenvalue weighted by atomic mass is 10.2. The highest BCUT2D eigenvalue weighted by molar-refractivity contribution is 8.00. The minimum Gasteiger partial charge on any atom is -0.369 e. The molecule has 0 fully saturated rings. The van der Waals surface area contributed by atoms with Crippen molar-refractivity contribution >= 4 is 28.6 Å². The normalized spacial score (nSPS) is 12.5. The number of rotatable bonds is 4. The van der Waals surface area contributed by atoms with E-state index < -0.39 is 0 Å². The van der Waals surface area contributed by atoms with Crippen molar-refractivity contribution in [2.75, 3.05) is 0 Å². The van der Waals surface area contributed by atoms with Crippen molar-refractivity contribution in [3.8, 4) is 0 Å². The summed E-state index contributed by atoms with van der Waals surface area (Å²) in [5.41, 5.74) is 6.26. The molecule has 1 unspecified atom stereocenters. The van der Waals surface area contributed by atoms with Gasteiger partial charge in [0, 0.05) is 5.39 Å². The smallest absolute Gasteiger partial charge is 0.230 e. The van der Waals surface area contributed by atoms with E-state index >= 15 is 0 Å². The van der Waals surface area contributed by atoms with Gasteiger partial charge in [-0.3, -0.25) is 4.79 Å². The maximum Gasteiger partial charge on any atom is 0.230 e. The molecule has 0 saturated carbocycles. The summed E-state index contributed by atoms with van der Waals surface area (Å²) in [5, 5.41) is 1.74. The van der Waals surface area contributed by atoms with Crippen molar-refractivity contribution in [2.45, 2.75) is 23.6 Å². The first-order valence-corrected chi connectivity index (χ1v) is 6.40. The molecule has 1 aromatic heterocycles. The van der Waals surface area contributed by atoms with E-state index in [9.17, 15) is 4.79 Å². The summed E-state index contributed by atoms with van der Waals surface area (Å²) in [4.78, 5) is 15.7. The van der Waals surface area contributed by atoms with Crippen LogP contribution in [0.3, 0.4) is 0 Å². The number of benzene rings is 1. The first-order valence-electron chi connectivity index (χ1n) is 5.52. The van der Waals surface area contributed by atoms with E-state index in [-0.39, 0.29) is 11.2 Å². The summed E-state index contributed by atoms with van der Waals surface area (Å²) < 4.78 is 0. The van der Waals surface area contributed by atoms with Crippen LogP contribution in [0, 0.1) is 0 Å². The third kappa shape index (κ3) is 2.77. The Balaban J connectivity index is 2.27. The molecule has 4 heteroatoms. The van der Waals surface area contributed by atoms with Gasteiger partial charge in [0.05, 0.1) is 15.8 Å². The van der Waals surface area contributed by atoms with E-state index in [1.165, 1.54) is 11.8 Å². The molecule has 0 spiro atoms. The van der Waals surface area contributed by atoms with Crippen LogP contribution in [0.5, 0.6) is 0 Å². The van der Waals surface area contributed by atoms with Crippen molar-refractivity contribution in [2.24, 2.45) is 5.73 Å². The number of thioether (sulfide) groups is 1. The minimum atomic E-state index is -0.285. The number of hydrogen-bond acceptors (Lipinski definition) is 3. The minimum absolute atomic E-state index is 0.205. The Labute approximate surface area is 104 Å². The Morgan fingerprint density at radius 3 is 2.82 bits per heavy atom. The second-order valence-electron chi connectivity index (χ2n) is 3.76. The highest BCUT2D eigenvalue weighted by Gasteiger charge is 2.15. The SMILES string of the molecule is CCC(Sc1ccc2ccccc2n1)C(N)=O. The zero-order valence-electron chi connectivity index (χ0n) is 9.59. The van der Waals surface area contributed by atoms with Gasteiger partial charge >= 0.3 is 0 Å². The predicted molar refractivity (Wildman–Crippen MR) is 70.9 cm³/mol. The van der Waals surface area contributed by atoms with Crippen molar-refractivity contribution in [3.63, 3.8) is 0 Å². The molecule has 0 saturated heterocycles.